The fourth-order valence-corrected chi connectivity index (χ4v) is 3.72. The van der Waals surface area contributed by atoms with E-state index in [0.29, 0.717) is 0 Å². The second-order valence-corrected chi connectivity index (χ2v) is 6.64. The number of rotatable bonds is 4. The first kappa shape index (κ1) is 16.8. The largest absolute Gasteiger partial charge is 0.497 e. The first-order valence-corrected chi connectivity index (χ1v) is 9.06. The van der Waals surface area contributed by atoms with E-state index in [2.05, 4.69) is 22.6 Å². The molecule has 142 valence electrons. The van der Waals surface area contributed by atoms with Crippen LogP contribution in [0.4, 0.5) is 0 Å². The number of nitrogens with zero attached hydrogens (tertiary/aromatic N) is 1. The van der Waals surface area contributed by atoms with E-state index in [0.717, 1.165) is 39.8 Å². The number of hydrogen-bond acceptors (Lipinski definition) is 6. The Morgan fingerprint density at radius 2 is 1.82 bits per heavy atom. The predicted octanol–water partition coefficient (Wildman–Crippen LogP) is 4.29. The molecule has 5 rings (SSSR count). The minimum atomic E-state index is -0.344. The fourth-order valence-electron chi connectivity index (χ4n) is 3.72. The summed E-state index contributed by atoms with van der Waals surface area (Å²) in [6.45, 7) is 0. The molecule has 6 heteroatoms. The van der Waals surface area contributed by atoms with Crippen LogP contribution >= 0.6 is 0 Å². The number of nitrogens with one attached hydrogen (secondary N) is 1. The van der Waals surface area contributed by atoms with Crippen LogP contribution < -0.4 is 19.6 Å². The van der Waals surface area contributed by atoms with Gasteiger partial charge in [-0.05, 0) is 36.4 Å². The molecule has 0 saturated heterocycles. The molecular weight excluding hydrogens is 356 g/mol. The van der Waals surface area contributed by atoms with Crippen LogP contribution in [-0.2, 0) is 0 Å². The number of ether oxygens (including phenoxy) is 3. The standard InChI is InChI=1S/C22H20N2O4/c1-25-15-10-8-14(9-11-15)22-24-18(13-17(23-24)19-7-4-12-27-19)16-5-3-6-20(26-2)21(16)28-22/h3-13,18,22-23H,1-2H3. The molecule has 0 fully saturated rings. The highest BCUT2D eigenvalue weighted by Gasteiger charge is 2.41. The molecule has 2 aliphatic rings. The summed E-state index contributed by atoms with van der Waals surface area (Å²) in [5.41, 5.74) is 6.41. The lowest BCUT2D eigenvalue weighted by molar-refractivity contribution is -0.0344. The molecule has 1 N–H and O–H groups in total. The highest BCUT2D eigenvalue weighted by Crippen LogP contribution is 2.49. The lowest BCUT2D eigenvalue weighted by atomic mass is 10.0. The summed E-state index contributed by atoms with van der Waals surface area (Å²) in [4.78, 5) is 0. The summed E-state index contributed by atoms with van der Waals surface area (Å²) in [5, 5.41) is 2.08. The van der Waals surface area contributed by atoms with Gasteiger partial charge in [-0.3, -0.25) is 0 Å². The Morgan fingerprint density at radius 3 is 2.54 bits per heavy atom. The van der Waals surface area contributed by atoms with E-state index in [1.165, 1.54) is 0 Å². The van der Waals surface area contributed by atoms with Crippen LogP contribution in [0.5, 0.6) is 17.2 Å². The van der Waals surface area contributed by atoms with Crippen molar-refractivity contribution in [1.82, 2.24) is 10.4 Å². The van der Waals surface area contributed by atoms with Gasteiger partial charge in [0.05, 0.1) is 32.2 Å². The molecule has 0 radical (unpaired) electrons. The number of furan rings is 1. The summed E-state index contributed by atoms with van der Waals surface area (Å²) in [7, 11) is 3.32. The third-order valence-electron chi connectivity index (χ3n) is 5.09. The SMILES string of the molecule is COc1ccc(C2Oc3c(OC)cccc3C3C=C(c4ccco4)NN32)cc1. The molecular formula is C22H20N2O4. The topological polar surface area (TPSA) is 56.1 Å². The van der Waals surface area contributed by atoms with Gasteiger partial charge in [-0.1, -0.05) is 24.3 Å². The van der Waals surface area contributed by atoms with E-state index >= 15 is 0 Å². The zero-order valence-corrected chi connectivity index (χ0v) is 15.6. The van der Waals surface area contributed by atoms with Crippen molar-refractivity contribution in [2.75, 3.05) is 14.2 Å². The van der Waals surface area contributed by atoms with Gasteiger partial charge in [-0.15, -0.1) is 0 Å². The first-order chi connectivity index (χ1) is 13.8. The van der Waals surface area contributed by atoms with Crippen LogP contribution in [0.25, 0.3) is 5.70 Å². The van der Waals surface area contributed by atoms with Gasteiger partial charge in [0.2, 0.25) is 0 Å². The normalized spacial score (nSPS) is 20.4. The highest BCUT2D eigenvalue weighted by atomic mass is 16.5. The molecule has 0 saturated carbocycles. The Balaban J connectivity index is 1.60. The van der Waals surface area contributed by atoms with Crippen LogP contribution in [0.15, 0.2) is 71.4 Å². The van der Waals surface area contributed by atoms with Crippen molar-refractivity contribution in [2.24, 2.45) is 0 Å². The number of para-hydroxylation sites is 1. The third-order valence-corrected chi connectivity index (χ3v) is 5.09. The predicted molar refractivity (Wildman–Crippen MR) is 104 cm³/mol. The van der Waals surface area contributed by atoms with Crippen molar-refractivity contribution >= 4 is 5.70 Å². The lowest BCUT2D eigenvalue weighted by Crippen LogP contribution is -2.43. The molecule has 2 unspecified atom stereocenters. The molecule has 2 atom stereocenters. The smallest absolute Gasteiger partial charge is 0.196 e. The fraction of sp³-hybridized carbons (Fsp3) is 0.182. The van der Waals surface area contributed by atoms with Gasteiger partial charge in [-0.25, -0.2) is 0 Å². The van der Waals surface area contributed by atoms with E-state index in [9.17, 15) is 0 Å². The van der Waals surface area contributed by atoms with Gasteiger partial charge >= 0.3 is 0 Å². The van der Waals surface area contributed by atoms with Gasteiger partial charge < -0.3 is 24.1 Å². The summed E-state index contributed by atoms with van der Waals surface area (Å²) in [6, 6.07) is 17.6. The van der Waals surface area contributed by atoms with Crippen LogP contribution in [0.2, 0.25) is 0 Å². The van der Waals surface area contributed by atoms with Gasteiger partial charge in [0.15, 0.2) is 23.5 Å². The van der Waals surface area contributed by atoms with Crippen molar-refractivity contribution < 1.29 is 18.6 Å². The highest BCUT2D eigenvalue weighted by molar-refractivity contribution is 5.65. The second-order valence-electron chi connectivity index (χ2n) is 6.64. The minimum Gasteiger partial charge on any atom is -0.497 e. The Labute approximate surface area is 162 Å². The van der Waals surface area contributed by atoms with Crippen molar-refractivity contribution in [3.8, 4) is 17.2 Å². The number of benzene rings is 2. The maximum atomic E-state index is 6.43. The van der Waals surface area contributed by atoms with Crippen LogP contribution in [-0.4, -0.2) is 19.2 Å². The van der Waals surface area contributed by atoms with Crippen molar-refractivity contribution in [1.29, 1.82) is 0 Å². The zero-order chi connectivity index (χ0) is 19.1. The van der Waals surface area contributed by atoms with Gasteiger partial charge in [-0.2, -0.15) is 5.01 Å². The maximum Gasteiger partial charge on any atom is 0.196 e. The van der Waals surface area contributed by atoms with Crippen molar-refractivity contribution in [3.05, 3.63) is 83.8 Å². The Kier molecular flexibility index (Phi) is 3.98. The molecule has 3 heterocycles. The van der Waals surface area contributed by atoms with E-state index in [4.69, 9.17) is 18.6 Å². The summed E-state index contributed by atoms with van der Waals surface area (Å²) in [5.74, 6) is 3.06. The Hall–Kier alpha value is -3.38. The first-order valence-electron chi connectivity index (χ1n) is 9.06. The summed E-state index contributed by atoms with van der Waals surface area (Å²) in [6.07, 6.45) is 3.48. The van der Waals surface area contributed by atoms with Crippen LogP contribution in [0, 0.1) is 0 Å². The van der Waals surface area contributed by atoms with E-state index in [1.807, 2.05) is 48.5 Å². The van der Waals surface area contributed by atoms with Crippen molar-refractivity contribution in [2.45, 2.75) is 12.3 Å². The quantitative estimate of drug-likeness (QED) is 0.733. The molecule has 0 amide bonds. The maximum absolute atomic E-state index is 6.43. The third kappa shape index (κ3) is 2.61. The average molecular weight is 376 g/mol. The summed E-state index contributed by atoms with van der Waals surface area (Å²) >= 11 is 0. The zero-order valence-electron chi connectivity index (χ0n) is 15.6. The molecule has 1 aromatic heterocycles. The molecule has 0 aliphatic carbocycles. The second kappa shape index (κ2) is 6.65. The summed E-state index contributed by atoms with van der Waals surface area (Å²) < 4.78 is 22.9. The van der Waals surface area contributed by atoms with Gasteiger partial charge in [0, 0.05) is 11.1 Å². The molecule has 6 nitrogen and oxygen atoms in total. The molecule has 2 aliphatic heterocycles. The van der Waals surface area contributed by atoms with E-state index in [-0.39, 0.29) is 12.3 Å². The molecule has 0 bridgehead atoms. The van der Waals surface area contributed by atoms with E-state index < -0.39 is 0 Å². The molecule has 3 aromatic rings. The number of methoxy groups -OCH3 is 2. The average Bonchev–Trinajstić information content (AvgIpc) is 3.42. The van der Waals surface area contributed by atoms with Crippen LogP contribution in [0.1, 0.15) is 29.2 Å². The Bertz CT molecular complexity index is 1010. The molecule has 28 heavy (non-hydrogen) atoms. The monoisotopic (exact) mass is 376 g/mol. The van der Waals surface area contributed by atoms with Crippen LogP contribution in [0.3, 0.4) is 0 Å². The molecule has 0 spiro atoms. The Morgan fingerprint density at radius 1 is 0.964 bits per heavy atom. The lowest BCUT2D eigenvalue weighted by Gasteiger charge is -2.39. The number of hydrogen-bond donors (Lipinski definition) is 1. The minimum absolute atomic E-state index is 0.0222. The number of hydrazine groups is 1. The number of fused-ring (bicyclic) bond motifs is 3. The van der Waals surface area contributed by atoms with Crippen molar-refractivity contribution in [3.63, 3.8) is 0 Å². The van der Waals surface area contributed by atoms with E-state index in [1.54, 1.807) is 20.5 Å². The van der Waals surface area contributed by atoms with Gasteiger partial charge in [0.1, 0.15) is 5.75 Å². The molecule has 2 aromatic carbocycles. The van der Waals surface area contributed by atoms with Gasteiger partial charge in [0.25, 0.3) is 0 Å².